The lowest BCUT2D eigenvalue weighted by Gasteiger charge is -2.23. The molecule has 2 atom stereocenters. The Hall–Kier alpha value is -3.06. The maximum absolute atomic E-state index is 12.7. The number of rotatable bonds is 11. The number of aromatic hydroxyl groups is 1. The molecular weight excluding hydrogens is 396 g/mol. The first-order valence-corrected chi connectivity index (χ1v) is 10.4. The molecule has 0 spiro atoms. The Morgan fingerprint density at radius 2 is 1.77 bits per heavy atom. The van der Waals surface area contributed by atoms with E-state index < -0.39 is 6.04 Å². The summed E-state index contributed by atoms with van der Waals surface area (Å²) in [5.74, 6) is -0.416. The molecule has 0 fully saturated rings. The van der Waals surface area contributed by atoms with Gasteiger partial charge in [-0.1, -0.05) is 50.2 Å². The molecule has 2 amide bonds. The third-order valence-corrected chi connectivity index (χ3v) is 5.06. The molecule has 0 radical (unpaired) electrons. The Labute approximate surface area is 183 Å². The molecule has 2 aromatic rings. The van der Waals surface area contributed by atoms with Crippen LogP contribution < -0.4 is 15.4 Å². The van der Waals surface area contributed by atoms with Crippen molar-refractivity contribution in [2.75, 3.05) is 20.3 Å². The first-order valence-electron chi connectivity index (χ1n) is 10.4. The van der Waals surface area contributed by atoms with Gasteiger partial charge in [0, 0.05) is 19.1 Å². The zero-order valence-electron chi connectivity index (χ0n) is 18.3. The fraction of sp³-hybridized carbons (Fsp3) is 0.417. The fourth-order valence-electron chi connectivity index (χ4n) is 3.29. The summed E-state index contributed by atoms with van der Waals surface area (Å²) in [6, 6.07) is 13.7. The average Bonchev–Trinajstić information content (AvgIpc) is 2.75. The van der Waals surface area contributed by atoms with E-state index in [1.165, 1.54) is 7.11 Å². The lowest BCUT2D eigenvalue weighted by Crippen LogP contribution is -2.51. The molecule has 2 aromatic carbocycles. The van der Waals surface area contributed by atoms with Gasteiger partial charge in [-0.3, -0.25) is 9.59 Å². The number of methoxy groups -OCH3 is 1. The number of nitrogens with one attached hydrogen (secondary N) is 2. The van der Waals surface area contributed by atoms with Gasteiger partial charge >= 0.3 is 0 Å². The second-order valence-electron chi connectivity index (χ2n) is 7.96. The van der Waals surface area contributed by atoms with Crippen molar-refractivity contribution in [3.63, 3.8) is 0 Å². The normalized spacial score (nSPS) is 12.8. The molecule has 168 valence electrons. The van der Waals surface area contributed by atoms with Crippen LogP contribution in [0.3, 0.4) is 0 Å². The maximum Gasteiger partial charge on any atom is 0.242 e. The molecule has 0 saturated heterocycles. The summed E-state index contributed by atoms with van der Waals surface area (Å²) in [6.07, 6.45) is 0.679. The number of phenols is 1. The van der Waals surface area contributed by atoms with E-state index >= 15 is 0 Å². The van der Waals surface area contributed by atoms with Crippen molar-refractivity contribution in [3.8, 4) is 11.5 Å². The third-order valence-electron chi connectivity index (χ3n) is 5.06. The summed E-state index contributed by atoms with van der Waals surface area (Å²) < 4.78 is 5.04. The van der Waals surface area contributed by atoms with Gasteiger partial charge in [-0.05, 0) is 35.6 Å². The molecule has 0 saturated carbocycles. The molecule has 0 heterocycles. The van der Waals surface area contributed by atoms with Gasteiger partial charge in [-0.15, -0.1) is 0 Å². The number of hydrogen-bond acceptors (Lipinski definition) is 5. The number of carbonyl (C=O) groups is 2. The predicted octanol–water partition coefficient (Wildman–Crippen LogP) is 2.05. The lowest BCUT2D eigenvalue weighted by atomic mass is 9.98. The van der Waals surface area contributed by atoms with Gasteiger partial charge in [0.25, 0.3) is 0 Å². The number of aliphatic hydroxyl groups is 1. The molecular formula is C24H32N2O5. The minimum Gasteiger partial charge on any atom is -0.504 e. The Balaban J connectivity index is 1.91. The quantitative estimate of drug-likeness (QED) is 0.438. The highest BCUT2D eigenvalue weighted by atomic mass is 16.5. The van der Waals surface area contributed by atoms with Crippen LogP contribution in [0, 0.1) is 11.8 Å². The van der Waals surface area contributed by atoms with Gasteiger partial charge in [0.05, 0.1) is 13.5 Å². The minimum atomic E-state index is -0.666. The number of phenolic OH excluding ortho intramolecular Hbond substituents is 1. The Morgan fingerprint density at radius 1 is 1.06 bits per heavy atom. The molecule has 0 aliphatic rings. The topological polar surface area (TPSA) is 108 Å². The van der Waals surface area contributed by atoms with Crippen molar-refractivity contribution in [2.45, 2.75) is 32.7 Å². The van der Waals surface area contributed by atoms with E-state index in [9.17, 15) is 19.8 Å². The Morgan fingerprint density at radius 3 is 2.35 bits per heavy atom. The molecule has 0 aromatic heterocycles. The van der Waals surface area contributed by atoms with Gasteiger partial charge < -0.3 is 25.6 Å². The number of amides is 2. The predicted molar refractivity (Wildman–Crippen MR) is 119 cm³/mol. The van der Waals surface area contributed by atoms with Gasteiger partial charge in [0.2, 0.25) is 11.8 Å². The highest BCUT2D eigenvalue weighted by molar-refractivity contribution is 5.88. The highest BCUT2D eigenvalue weighted by Gasteiger charge is 2.24. The van der Waals surface area contributed by atoms with Crippen LogP contribution in [0.4, 0.5) is 0 Å². The number of hydrogen-bond donors (Lipinski definition) is 4. The Bertz CT molecular complexity index is 854. The number of benzene rings is 2. The molecule has 0 aliphatic carbocycles. The lowest BCUT2D eigenvalue weighted by molar-refractivity contribution is -0.129. The zero-order valence-corrected chi connectivity index (χ0v) is 18.3. The maximum atomic E-state index is 12.7. The van der Waals surface area contributed by atoms with Crippen molar-refractivity contribution in [3.05, 3.63) is 59.7 Å². The van der Waals surface area contributed by atoms with E-state index in [1.807, 2.05) is 50.2 Å². The zero-order chi connectivity index (χ0) is 22.8. The molecule has 0 unspecified atom stereocenters. The van der Waals surface area contributed by atoms with Crippen LogP contribution in [0.15, 0.2) is 48.5 Å². The first kappa shape index (κ1) is 24.2. The molecule has 7 heteroatoms. The van der Waals surface area contributed by atoms with Crippen molar-refractivity contribution >= 4 is 11.8 Å². The number of aliphatic hydroxyl groups excluding tert-OH is 1. The van der Waals surface area contributed by atoms with Crippen LogP contribution in [-0.2, 0) is 22.4 Å². The second kappa shape index (κ2) is 12.0. The standard InChI is InChI=1S/C24H32N2O5/c1-16(2)23(26-22(29)13-17-7-5-4-6-8-17)24(30)25-14-19(15-27)11-18-9-10-21(31-3)20(28)12-18/h4-10,12,16,19,23,27-28H,11,13-15H2,1-3H3,(H,25,30)(H,26,29)/t19-,23-/m1/s1. The summed E-state index contributed by atoms with van der Waals surface area (Å²) in [6.45, 7) is 3.87. The van der Waals surface area contributed by atoms with Gasteiger partial charge in [0.1, 0.15) is 6.04 Å². The van der Waals surface area contributed by atoms with Crippen molar-refractivity contribution in [2.24, 2.45) is 11.8 Å². The molecule has 0 aliphatic heterocycles. The van der Waals surface area contributed by atoms with E-state index in [0.29, 0.717) is 12.2 Å². The summed E-state index contributed by atoms with van der Waals surface area (Å²) in [7, 11) is 1.48. The molecule has 7 nitrogen and oxygen atoms in total. The van der Waals surface area contributed by atoms with Crippen molar-refractivity contribution in [1.82, 2.24) is 10.6 Å². The SMILES string of the molecule is COc1ccc(C[C@@H](CO)CNC(=O)[C@H](NC(=O)Cc2ccccc2)C(C)C)cc1O. The smallest absolute Gasteiger partial charge is 0.242 e. The van der Waals surface area contributed by atoms with Crippen LogP contribution in [-0.4, -0.2) is 48.3 Å². The Kier molecular flexibility index (Phi) is 9.34. The first-order chi connectivity index (χ1) is 14.8. The summed E-state index contributed by atoms with van der Waals surface area (Å²) in [5, 5.41) is 25.3. The summed E-state index contributed by atoms with van der Waals surface area (Å²) in [4.78, 5) is 25.1. The van der Waals surface area contributed by atoms with Crippen LogP contribution in [0.2, 0.25) is 0 Å². The largest absolute Gasteiger partial charge is 0.504 e. The van der Waals surface area contributed by atoms with Gasteiger partial charge in [0.15, 0.2) is 11.5 Å². The van der Waals surface area contributed by atoms with E-state index in [1.54, 1.807) is 12.1 Å². The van der Waals surface area contributed by atoms with Crippen molar-refractivity contribution < 1.29 is 24.5 Å². The molecule has 2 rings (SSSR count). The van der Waals surface area contributed by atoms with E-state index in [4.69, 9.17) is 4.74 Å². The van der Waals surface area contributed by atoms with Gasteiger partial charge in [-0.2, -0.15) is 0 Å². The van der Waals surface area contributed by atoms with Crippen LogP contribution in [0.1, 0.15) is 25.0 Å². The van der Waals surface area contributed by atoms with Crippen LogP contribution in [0.5, 0.6) is 11.5 Å². The summed E-state index contributed by atoms with van der Waals surface area (Å²) in [5.41, 5.74) is 1.70. The van der Waals surface area contributed by atoms with E-state index in [-0.39, 0.29) is 49.0 Å². The van der Waals surface area contributed by atoms with Crippen molar-refractivity contribution in [1.29, 1.82) is 0 Å². The van der Waals surface area contributed by atoms with Crippen LogP contribution in [0.25, 0.3) is 0 Å². The molecule has 31 heavy (non-hydrogen) atoms. The van der Waals surface area contributed by atoms with Crippen LogP contribution >= 0.6 is 0 Å². The number of ether oxygens (including phenoxy) is 1. The molecule has 4 N–H and O–H groups in total. The van der Waals surface area contributed by atoms with E-state index in [0.717, 1.165) is 11.1 Å². The van der Waals surface area contributed by atoms with Gasteiger partial charge in [-0.25, -0.2) is 0 Å². The third kappa shape index (κ3) is 7.61. The van der Waals surface area contributed by atoms with E-state index in [2.05, 4.69) is 10.6 Å². The number of carbonyl (C=O) groups excluding carboxylic acids is 2. The summed E-state index contributed by atoms with van der Waals surface area (Å²) >= 11 is 0. The monoisotopic (exact) mass is 428 g/mol. The average molecular weight is 429 g/mol. The molecule has 0 bridgehead atoms. The minimum absolute atomic E-state index is 0.0294. The second-order valence-corrected chi connectivity index (χ2v) is 7.96. The fourth-order valence-corrected chi connectivity index (χ4v) is 3.29. The highest BCUT2D eigenvalue weighted by Crippen LogP contribution is 2.27.